The highest BCUT2D eigenvalue weighted by atomic mass is 32.2. The van der Waals surface area contributed by atoms with Crippen LogP contribution in [-0.2, 0) is 14.6 Å². The minimum atomic E-state index is -3.06. The van der Waals surface area contributed by atoms with E-state index in [0.717, 1.165) is 5.56 Å². The van der Waals surface area contributed by atoms with Gasteiger partial charge in [-0.05, 0) is 18.6 Å². The van der Waals surface area contributed by atoms with Crippen LogP contribution in [0.1, 0.15) is 12.0 Å². The van der Waals surface area contributed by atoms with Crippen molar-refractivity contribution in [2.24, 2.45) is 11.0 Å². The Morgan fingerprint density at radius 3 is 2.85 bits per heavy atom. The molecule has 1 aromatic rings. The molecule has 1 aliphatic rings. The molecule has 0 radical (unpaired) electrons. The van der Waals surface area contributed by atoms with Crippen LogP contribution in [0.15, 0.2) is 29.4 Å². The first-order chi connectivity index (χ1) is 9.52. The van der Waals surface area contributed by atoms with Gasteiger partial charge in [-0.3, -0.25) is 4.79 Å². The summed E-state index contributed by atoms with van der Waals surface area (Å²) in [5.41, 5.74) is 3.10. The Kier molecular flexibility index (Phi) is 4.39. The molecule has 1 saturated heterocycles. The fourth-order valence-corrected chi connectivity index (χ4v) is 3.77. The van der Waals surface area contributed by atoms with Crippen LogP contribution in [-0.4, -0.2) is 39.2 Å². The van der Waals surface area contributed by atoms with Gasteiger partial charge in [0.15, 0.2) is 9.84 Å². The lowest BCUT2D eigenvalue weighted by Crippen LogP contribution is -2.27. The lowest BCUT2D eigenvalue weighted by atomic mass is 10.1. The summed E-state index contributed by atoms with van der Waals surface area (Å²) in [6, 6.07) is 7.24. The Morgan fingerprint density at radius 1 is 1.45 bits per heavy atom. The van der Waals surface area contributed by atoms with Crippen LogP contribution >= 0.6 is 0 Å². The Hall–Kier alpha value is -1.89. The molecule has 1 atom stereocenters. The highest BCUT2D eigenvalue weighted by molar-refractivity contribution is 7.91. The molecule has 1 amide bonds. The molecule has 0 aliphatic carbocycles. The maximum absolute atomic E-state index is 11.8. The summed E-state index contributed by atoms with van der Waals surface area (Å²) in [4.78, 5) is 11.8. The molecule has 2 rings (SSSR count). The SMILES string of the molecule is COc1ccccc1/C=N\NC(=O)[C@@H]1CCS(=O)(=O)C1. The number of carbonyl (C=O) groups excluding carboxylic acids is 1. The number of rotatable bonds is 4. The zero-order chi connectivity index (χ0) is 14.6. The van der Waals surface area contributed by atoms with Gasteiger partial charge < -0.3 is 4.74 Å². The number of hydrazone groups is 1. The number of nitrogens with zero attached hydrogens (tertiary/aromatic N) is 1. The van der Waals surface area contributed by atoms with Crippen LogP contribution in [0.2, 0.25) is 0 Å². The van der Waals surface area contributed by atoms with Crippen LogP contribution in [0.3, 0.4) is 0 Å². The Labute approximate surface area is 117 Å². The van der Waals surface area contributed by atoms with E-state index < -0.39 is 15.8 Å². The number of hydrogen-bond acceptors (Lipinski definition) is 5. The van der Waals surface area contributed by atoms with Gasteiger partial charge in [0.05, 0.1) is 30.7 Å². The molecule has 1 heterocycles. The maximum atomic E-state index is 11.8. The highest BCUT2D eigenvalue weighted by Gasteiger charge is 2.32. The lowest BCUT2D eigenvalue weighted by molar-refractivity contribution is -0.124. The number of carbonyl (C=O) groups is 1. The number of amides is 1. The standard InChI is InChI=1S/C13H16N2O4S/c1-19-12-5-3-2-4-10(12)8-14-15-13(16)11-6-7-20(17,18)9-11/h2-5,8,11H,6-7,9H2,1H3,(H,15,16)/b14-8-/t11-/m1/s1. The van der Waals surface area contributed by atoms with Gasteiger partial charge in [-0.15, -0.1) is 0 Å². The number of ether oxygens (including phenoxy) is 1. The number of nitrogens with one attached hydrogen (secondary N) is 1. The van der Waals surface area contributed by atoms with Gasteiger partial charge in [0, 0.05) is 5.56 Å². The third-order valence-electron chi connectivity index (χ3n) is 3.12. The topological polar surface area (TPSA) is 84.8 Å². The molecule has 1 N–H and O–H groups in total. The number of sulfone groups is 1. The van der Waals surface area contributed by atoms with Gasteiger partial charge >= 0.3 is 0 Å². The summed E-state index contributed by atoms with van der Waals surface area (Å²) < 4.78 is 27.7. The van der Waals surface area contributed by atoms with E-state index in [1.54, 1.807) is 19.2 Å². The number of hydrogen-bond donors (Lipinski definition) is 1. The molecule has 1 fully saturated rings. The van der Waals surface area contributed by atoms with Crippen LogP contribution in [0.4, 0.5) is 0 Å². The molecular weight excluding hydrogens is 280 g/mol. The monoisotopic (exact) mass is 296 g/mol. The van der Waals surface area contributed by atoms with E-state index in [2.05, 4.69) is 10.5 Å². The van der Waals surface area contributed by atoms with Crippen molar-refractivity contribution < 1.29 is 17.9 Å². The summed E-state index contributed by atoms with van der Waals surface area (Å²) in [6.07, 6.45) is 1.83. The molecule has 6 nitrogen and oxygen atoms in total. The van der Waals surface area contributed by atoms with E-state index >= 15 is 0 Å². The first kappa shape index (κ1) is 14.5. The fraction of sp³-hybridized carbons (Fsp3) is 0.385. The first-order valence-electron chi connectivity index (χ1n) is 6.18. The van der Waals surface area contributed by atoms with Crippen molar-refractivity contribution in [3.8, 4) is 5.75 Å². The van der Waals surface area contributed by atoms with Crippen molar-refractivity contribution in [2.75, 3.05) is 18.6 Å². The van der Waals surface area contributed by atoms with Crippen molar-refractivity contribution >= 4 is 22.0 Å². The van der Waals surface area contributed by atoms with Gasteiger partial charge in [-0.1, -0.05) is 12.1 Å². The quantitative estimate of drug-likeness (QED) is 0.650. The predicted molar refractivity (Wildman–Crippen MR) is 75.5 cm³/mol. The van der Waals surface area contributed by atoms with Gasteiger partial charge in [0.1, 0.15) is 5.75 Å². The average molecular weight is 296 g/mol. The Bertz CT molecular complexity index is 625. The molecule has 0 saturated carbocycles. The molecule has 1 aliphatic heterocycles. The molecule has 0 bridgehead atoms. The number of para-hydroxylation sites is 1. The number of methoxy groups -OCH3 is 1. The molecule has 1 aromatic carbocycles. The summed E-state index contributed by atoms with van der Waals surface area (Å²) >= 11 is 0. The summed E-state index contributed by atoms with van der Waals surface area (Å²) in [6.45, 7) is 0. The van der Waals surface area contributed by atoms with Gasteiger partial charge in [-0.2, -0.15) is 5.10 Å². The van der Waals surface area contributed by atoms with Crippen molar-refractivity contribution in [2.45, 2.75) is 6.42 Å². The van der Waals surface area contributed by atoms with Crippen molar-refractivity contribution in [1.82, 2.24) is 5.43 Å². The first-order valence-corrected chi connectivity index (χ1v) is 8.00. The second-order valence-corrected chi connectivity index (χ2v) is 6.80. The van der Waals surface area contributed by atoms with Crippen LogP contribution in [0.5, 0.6) is 5.75 Å². The minimum Gasteiger partial charge on any atom is -0.496 e. The number of benzene rings is 1. The molecule has 7 heteroatoms. The van der Waals surface area contributed by atoms with Gasteiger partial charge in [-0.25, -0.2) is 13.8 Å². The smallest absolute Gasteiger partial charge is 0.244 e. The van der Waals surface area contributed by atoms with E-state index in [-0.39, 0.29) is 17.4 Å². The second kappa shape index (κ2) is 6.04. The second-order valence-electron chi connectivity index (χ2n) is 4.58. The maximum Gasteiger partial charge on any atom is 0.244 e. The fourth-order valence-electron chi connectivity index (χ4n) is 2.03. The van der Waals surface area contributed by atoms with Crippen LogP contribution in [0.25, 0.3) is 0 Å². The van der Waals surface area contributed by atoms with Crippen molar-refractivity contribution in [3.05, 3.63) is 29.8 Å². The molecule has 20 heavy (non-hydrogen) atoms. The average Bonchev–Trinajstić information content (AvgIpc) is 2.79. The molecule has 108 valence electrons. The van der Waals surface area contributed by atoms with E-state index in [4.69, 9.17) is 4.74 Å². The Balaban J connectivity index is 1.95. The summed E-state index contributed by atoms with van der Waals surface area (Å²) in [7, 11) is -1.51. The van der Waals surface area contributed by atoms with Crippen molar-refractivity contribution in [3.63, 3.8) is 0 Å². The summed E-state index contributed by atoms with van der Waals surface area (Å²) in [5.74, 6) is -0.245. The largest absolute Gasteiger partial charge is 0.496 e. The van der Waals surface area contributed by atoms with Gasteiger partial charge in [0.2, 0.25) is 5.91 Å². The molecular formula is C13H16N2O4S. The van der Waals surface area contributed by atoms with E-state index in [1.165, 1.54) is 6.21 Å². The predicted octanol–water partition coefficient (Wildman–Crippen LogP) is 0.580. The Morgan fingerprint density at radius 2 is 2.20 bits per heavy atom. The van der Waals surface area contributed by atoms with Crippen LogP contribution in [0, 0.1) is 5.92 Å². The third-order valence-corrected chi connectivity index (χ3v) is 4.89. The molecule has 0 unspecified atom stereocenters. The van der Waals surface area contributed by atoms with Crippen molar-refractivity contribution in [1.29, 1.82) is 0 Å². The third kappa shape index (κ3) is 3.57. The summed E-state index contributed by atoms with van der Waals surface area (Å²) in [5, 5.41) is 3.84. The zero-order valence-corrected chi connectivity index (χ0v) is 11.9. The molecule has 0 spiro atoms. The lowest BCUT2D eigenvalue weighted by Gasteiger charge is -2.05. The van der Waals surface area contributed by atoms with Gasteiger partial charge in [0.25, 0.3) is 0 Å². The van der Waals surface area contributed by atoms with E-state index in [1.807, 2.05) is 12.1 Å². The van der Waals surface area contributed by atoms with Crippen LogP contribution < -0.4 is 10.2 Å². The normalized spacial score (nSPS) is 20.9. The molecule has 0 aromatic heterocycles. The highest BCUT2D eigenvalue weighted by Crippen LogP contribution is 2.18. The van der Waals surface area contributed by atoms with E-state index in [0.29, 0.717) is 12.2 Å². The zero-order valence-electron chi connectivity index (χ0n) is 11.1. The minimum absolute atomic E-state index is 0.0707. The van der Waals surface area contributed by atoms with E-state index in [9.17, 15) is 13.2 Å².